The van der Waals surface area contributed by atoms with Gasteiger partial charge in [0, 0.05) is 0 Å². The second kappa shape index (κ2) is 6.73. The molecule has 0 aliphatic heterocycles. The van der Waals surface area contributed by atoms with Crippen molar-refractivity contribution in [1.82, 2.24) is 0 Å². The Balaban J connectivity index is 2.40. The van der Waals surface area contributed by atoms with Crippen LogP contribution in [0.1, 0.15) is 0 Å². The van der Waals surface area contributed by atoms with E-state index < -0.39 is 0 Å². The van der Waals surface area contributed by atoms with E-state index in [1.165, 1.54) is 0 Å². The molecule has 2 rings (SSSR count). The number of para-hydroxylation sites is 2. The van der Waals surface area contributed by atoms with E-state index in [1.54, 1.807) is 0 Å². The SMILES string of the molecule is C#CC(=Nc1ccccc1)C(C#C)=Nc1ccccc1. The maximum atomic E-state index is 5.49. The fourth-order valence-electron chi connectivity index (χ4n) is 1.57. The monoisotopic (exact) mass is 256 g/mol. The van der Waals surface area contributed by atoms with Crippen molar-refractivity contribution in [2.45, 2.75) is 0 Å². The molecule has 2 aromatic rings. The molecule has 0 radical (unpaired) electrons. The largest absolute Gasteiger partial charge is 0.237 e. The zero-order valence-electron chi connectivity index (χ0n) is 10.8. The molecule has 0 N–H and O–H groups in total. The van der Waals surface area contributed by atoms with E-state index in [2.05, 4.69) is 21.8 Å². The lowest BCUT2D eigenvalue weighted by Gasteiger charge is -1.99. The molecule has 0 spiro atoms. The fraction of sp³-hybridized carbons (Fsp3) is 0. The number of rotatable bonds is 3. The lowest BCUT2D eigenvalue weighted by Crippen LogP contribution is -2.09. The van der Waals surface area contributed by atoms with Gasteiger partial charge in [0.25, 0.3) is 0 Å². The third-order valence-corrected chi connectivity index (χ3v) is 2.49. The van der Waals surface area contributed by atoms with Gasteiger partial charge < -0.3 is 0 Å². The number of hydrogen-bond donors (Lipinski definition) is 0. The van der Waals surface area contributed by atoms with E-state index in [0.717, 1.165) is 11.4 Å². The summed E-state index contributed by atoms with van der Waals surface area (Å²) in [6.45, 7) is 0. The minimum atomic E-state index is 0.350. The van der Waals surface area contributed by atoms with Crippen LogP contribution in [0.5, 0.6) is 0 Å². The molecule has 0 heterocycles. The van der Waals surface area contributed by atoms with E-state index in [9.17, 15) is 0 Å². The standard InChI is InChI=1S/C18H12N2/c1-3-17(19-15-11-7-5-8-12-15)18(4-2)20-16-13-9-6-10-14-16/h1-2,5-14H. The van der Waals surface area contributed by atoms with Gasteiger partial charge in [-0.05, 0) is 36.1 Å². The first-order valence-corrected chi connectivity index (χ1v) is 6.04. The summed E-state index contributed by atoms with van der Waals surface area (Å²) >= 11 is 0. The minimum Gasteiger partial charge on any atom is -0.237 e. The molecule has 0 fully saturated rings. The normalized spacial score (nSPS) is 11.5. The molecule has 94 valence electrons. The zero-order chi connectivity index (χ0) is 14.2. The fourth-order valence-corrected chi connectivity index (χ4v) is 1.57. The number of terminal acetylenes is 2. The van der Waals surface area contributed by atoms with Crippen LogP contribution in [0.15, 0.2) is 70.6 Å². The topological polar surface area (TPSA) is 24.7 Å². The molecule has 0 aromatic heterocycles. The van der Waals surface area contributed by atoms with E-state index in [1.807, 2.05) is 60.7 Å². The summed E-state index contributed by atoms with van der Waals surface area (Å²) in [4.78, 5) is 8.70. The summed E-state index contributed by atoms with van der Waals surface area (Å²) in [7, 11) is 0. The molecule has 0 amide bonds. The van der Waals surface area contributed by atoms with Crippen molar-refractivity contribution >= 4 is 22.8 Å². The van der Waals surface area contributed by atoms with E-state index in [0.29, 0.717) is 11.4 Å². The van der Waals surface area contributed by atoms with Gasteiger partial charge in [-0.25, -0.2) is 9.98 Å². The highest BCUT2D eigenvalue weighted by molar-refractivity contribution is 6.54. The van der Waals surface area contributed by atoms with Gasteiger partial charge in [0.05, 0.1) is 11.4 Å². The Labute approximate surface area is 118 Å². The van der Waals surface area contributed by atoms with Crippen LogP contribution in [-0.2, 0) is 0 Å². The van der Waals surface area contributed by atoms with Crippen molar-refractivity contribution < 1.29 is 0 Å². The van der Waals surface area contributed by atoms with Crippen molar-refractivity contribution in [3.63, 3.8) is 0 Å². The predicted octanol–water partition coefficient (Wildman–Crippen LogP) is 3.80. The zero-order valence-corrected chi connectivity index (χ0v) is 10.8. The van der Waals surface area contributed by atoms with Crippen molar-refractivity contribution in [1.29, 1.82) is 0 Å². The predicted molar refractivity (Wildman–Crippen MR) is 84.7 cm³/mol. The first-order valence-electron chi connectivity index (χ1n) is 6.04. The van der Waals surface area contributed by atoms with Gasteiger partial charge in [0.2, 0.25) is 0 Å². The van der Waals surface area contributed by atoms with Crippen molar-refractivity contribution in [3.8, 4) is 24.7 Å². The number of aliphatic imine (C=N–C) groups is 2. The van der Waals surface area contributed by atoms with Crippen LogP contribution < -0.4 is 0 Å². The summed E-state index contributed by atoms with van der Waals surface area (Å²) < 4.78 is 0. The quantitative estimate of drug-likeness (QED) is 0.589. The van der Waals surface area contributed by atoms with Gasteiger partial charge in [0.1, 0.15) is 11.4 Å². The molecule has 2 nitrogen and oxygen atoms in total. The molecule has 2 aromatic carbocycles. The van der Waals surface area contributed by atoms with Crippen LogP contribution >= 0.6 is 0 Å². The highest BCUT2D eigenvalue weighted by Crippen LogP contribution is 2.13. The van der Waals surface area contributed by atoms with Crippen LogP contribution in [-0.4, -0.2) is 11.4 Å². The molecule has 0 bridgehead atoms. The molecule has 0 aliphatic carbocycles. The van der Waals surface area contributed by atoms with E-state index in [-0.39, 0.29) is 0 Å². The summed E-state index contributed by atoms with van der Waals surface area (Å²) in [6.07, 6.45) is 11.0. The molecule has 0 atom stereocenters. The molecule has 2 heteroatoms. The summed E-state index contributed by atoms with van der Waals surface area (Å²) in [5, 5.41) is 0. The Morgan fingerprint density at radius 1 is 0.650 bits per heavy atom. The Morgan fingerprint density at radius 2 is 1.00 bits per heavy atom. The lowest BCUT2D eigenvalue weighted by molar-refractivity contribution is 1.51. The number of benzene rings is 2. The molecule has 0 saturated heterocycles. The van der Waals surface area contributed by atoms with Crippen LogP contribution in [0.2, 0.25) is 0 Å². The summed E-state index contributed by atoms with van der Waals surface area (Å²) in [5.41, 5.74) is 2.19. The molecule has 20 heavy (non-hydrogen) atoms. The van der Waals surface area contributed by atoms with E-state index in [4.69, 9.17) is 12.8 Å². The second-order valence-corrected chi connectivity index (χ2v) is 3.88. The minimum absolute atomic E-state index is 0.350. The number of hydrogen-bond acceptors (Lipinski definition) is 2. The highest BCUT2D eigenvalue weighted by atomic mass is 14.8. The van der Waals surface area contributed by atoms with Crippen LogP contribution in [0.4, 0.5) is 11.4 Å². The Kier molecular flexibility index (Phi) is 4.49. The third-order valence-electron chi connectivity index (χ3n) is 2.49. The van der Waals surface area contributed by atoms with Crippen molar-refractivity contribution in [2.75, 3.05) is 0 Å². The van der Waals surface area contributed by atoms with Crippen molar-refractivity contribution in [3.05, 3.63) is 60.7 Å². The lowest BCUT2D eigenvalue weighted by atomic mass is 10.2. The molecule has 0 aliphatic rings. The maximum Gasteiger partial charge on any atom is 0.147 e. The van der Waals surface area contributed by atoms with Crippen LogP contribution in [0.25, 0.3) is 0 Å². The van der Waals surface area contributed by atoms with Gasteiger partial charge in [-0.15, -0.1) is 12.8 Å². The summed E-state index contributed by atoms with van der Waals surface area (Å²) in [5.74, 6) is 5.00. The third kappa shape index (κ3) is 3.45. The average molecular weight is 256 g/mol. The first-order chi connectivity index (χ1) is 9.83. The molecule has 0 unspecified atom stereocenters. The van der Waals surface area contributed by atoms with Gasteiger partial charge in [-0.2, -0.15) is 0 Å². The van der Waals surface area contributed by atoms with Crippen molar-refractivity contribution in [2.24, 2.45) is 9.98 Å². The Morgan fingerprint density at radius 3 is 1.30 bits per heavy atom. The van der Waals surface area contributed by atoms with Crippen LogP contribution in [0.3, 0.4) is 0 Å². The summed E-state index contributed by atoms with van der Waals surface area (Å²) in [6, 6.07) is 18.8. The average Bonchev–Trinajstić information content (AvgIpc) is 2.52. The van der Waals surface area contributed by atoms with Gasteiger partial charge in [-0.3, -0.25) is 0 Å². The smallest absolute Gasteiger partial charge is 0.147 e. The van der Waals surface area contributed by atoms with Gasteiger partial charge in [0.15, 0.2) is 0 Å². The first kappa shape index (κ1) is 13.3. The Bertz CT molecular complexity index is 646. The van der Waals surface area contributed by atoms with E-state index >= 15 is 0 Å². The molecular weight excluding hydrogens is 244 g/mol. The van der Waals surface area contributed by atoms with Gasteiger partial charge in [-0.1, -0.05) is 36.4 Å². The second-order valence-electron chi connectivity index (χ2n) is 3.88. The maximum absolute atomic E-state index is 5.49. The highest BCUT2D eigenvalue weighted by Gasteiger charge is 2.04. The Hall–Kier alpha value is -3.10. The van der Waals surface area contributed by atoms with Crippen LogP contribution in [0, 0.1) is 24.7 Å². The molecule has 0 saturated carbocycles. The van der Waals surface area contributed by atoms with Gasteiger partial charge >= 0.3 is 0 Å². The molecular formula is C18H12N2. The number of nitrogens with zero attached hydrogens (tertiary/aromatic N) is 2.